The first-order valence-electron chi connectivity index (χ1n) is 6.01. The molecule has 20 heavy (non-hydrogen) atoms. The number of nitrogen functional groups attached to an aromatic ring is 1. The summed E-state index contributed by atoms with van der Waals surface area (Å²) in [5.41, 5.74) is 9.49. The molecule has 5 heteroatoms. The van der Waals surface area contributed by atoms with E-state index < -0.39 is 0 Å². The van der Waals surface area contributed by atoms with Gasteiger partial charge in [0.2, 0.25) is 0 Å². The molecule has 0 radical (unpaired) electrons. The van der Waals surface area contributed by atoms with Crippen LogP contribution in [0.4, 0.5) is 11.4 Å². The highest BCUT2D eigenvalue weighted by Crippen LogP contribution is 2.24. The second kappa shape index (κ2) is 6.01. The zero-order valence-electron chi connectivity index (χ0n) is 11.1. The van der Waals surface area contributed by atoms with Crippen molar-refractivity contribution in [1.29, 1.82) is 0 Å². The van der Waals surface area contributed by atoms with Crippen LogP contribution in [0, 0.1) is 17.4 Å². The fourth-order valence-electron chi connectivity index (χ4n) is 1.82. The van der Waals surface area contributed by atoms with E-state index in [0.29, 0.717) is 16.3 Å². The molecule has 0 saturated heterocycles. The molecule has 3 N–H and O–H groups in total. The lowest BCUT2D eigenvalue weighted by Crippen LogP contribution is -2.14. The lowest BCUT2D eigenvalue weighted by Gasteiger charge is -2.12. The van der Waals surface area contributed by atoms with Crippen LogP contribution < -0.4 is 11.1 Å². The molecule has 0 bridgehead atoms. The molecule has 0 aromatic heterocycles. The molecule has 0 unspecified atom stereocenters. The Morgan fingerprint density at radius 1 is 1.20 bits per heavy atom. The highest BCUT2D eigenvalue weighted by atomic mass is 127. The van der Waals surface area contributed by atoms with Gasteiger partial charge in [-0.1, -0.05) is 11.6 Å². The number of carbonyl (C=O) groups is 1. The number of rotatable bonds is 2. The summed E-state index contributed by atoms with van der Waals surface area (Å²) in [6.45, 7) is 3.96. The summed E-state index contributed by atoms with van der Waals surface area (Å²) in [6, 6.07) is 8.85. The molecule has 2 aromatic carbocycles. The Kier molecular flexibility index (Phi) is 4.55. The van der Waals surface area contributed by atoms with E-state index in [0.717, 1.165) is 16.8 Å². The maximum absolute atomic E-state index is 12.3. The smallest absolute Gasteiger partial charge is 0.257 e. The molecule has 0 aliphatic carbocycles. The van der Waals surface area contributed by atoms with Gasteiger partial charge in [-0.3, -0.25) is 4.79 Å². The zero-order valence-corrected chi connectivity index (χ0v) is 14.0. The number of nitrogens with one attached hydrogen (secondary N) is 1. The number of hydrogen-bond donors (Lipinski definition) is 2. The standard InChI is InChI=1S/C15H14ClIN2O/c1-8-6-14(9(2)5-13(8)17)19-15(20)11-7-10(18)3-4-12(11)16/h3-7H,18H2,1-2H3,(H,19,20). The molecule has 2 rings (SSSR count). The Labute approximate surface area is 136 Å². The fourth-order valence-corrected chi connectivity index (χ4v) is 2.65. The number of amides is 1. The molecule has 0 fully saturated rings. The van der Waals surface area contributed by atoms with Crippen LogP contribution in [0.25, 0.3) is 0 Å². The number of aryl methyl sites for hydroxylation is 2. The molecule has 0 heterocycles. The fraction of sp³-hybridized carbons (Fsp3) is 0.133. The predicted molar refractivity (Wildman–Crippen MR) is 92.5 cm³/mol. The van der Waals surface area contributed by atoms with Gasteiger partial charge in [-0.2, -0.15) is 0 Å². The van der Waals surface area contributed by atoms with Gasteiger partial charge in [-0.05, 0) is 77.9 Å². The van der Waals surface area contributed by atoms with E-state index in [1.165, 1.54) is 3.57 Å². The molecule has 2 aromatic rings. The van der Waals surface area contributed by atoms with E-state index >= 15 is 0 Å². The van der Waals surface area contributed by atoms with Crippen LogP contribution in [0.3, 0.4) is 0 Å². The largest absolute Gasteiger partial charge is 0.399 e. The lowest BCUT2D eigenvalue weighted by molar-refractivity contribution is 0.102. The van der Waals surface area contributed by atoms with Gasteiger partial charge in [-0.25, -0.2) is 0 Å². The average Bonchev–Trinajstić information content (AvgIpc) is 2.38. The minimum atomic E-state index is -0.258. The van der Waals surface area contributed by atoms with Crippen LogP contribution >= 0.6 is 34.2 Å². The van der Waals surface area contributed by atoms with Crippen LogP contribution in [0.5, 0.6) is 0 Å². The van der Waals surface area contributed by atoms with Crippen molar-refractivity contribution in [3.05, 3.63) is 55.6 Å². The minimum absolute atomic E-state index is 0.258. The topological polar surface area (TPSA) is 55.1 Å². The molecule has 0 spiro atoms. The van der Waals surface area contributed by atoms with Gasteiger partial charge in [0.1, 0.15) is 0 Å². The normalized spacial score (nSPS) is 10.4. The van der Waals surface area contributed by atoms with E-state index in [2.05, 4.69) is 27.9 Å². The van der Waals surface area contributed by atoms with Crippen LogP contribution in [-0.2, 0) is 0 Å². The van der Waals surface area contributed by atoms with E-state index in [-0.39, 0.29) is 5.91 Å². The highest BCUT2D eigenvalue weighted by Gasteiger charge is 2.13. The molecule has 1 amide bonds. The number of benzene rings is 2. The number of carbonyl (C=O) groups excluding carboxylic acids is 1. The quantitative estimate of drug-likeness (QED) is 0.580. The Morgan fingerprint density at radius 2 is 1.90 bits per heavy atom. The first-order chi connectivity index (χ1) is 9.38. The second-order valence-corrected chi connectivity index (χ2v) is 6.18. The number of nitrogens with two attached hydrogens (primary N) is 1. The first kappa shape index (κ1) is 15.1. The van der Waals surface area contributed by atoms with Crippen molar-refractivity contribution < 1.29 is 4.79 Å². The predicted octanol–water partition coefficient (Wildman–Crippen LogP) is 4.40. The van der Waals surface area contributed by atoms with E-state index in [4.69, 9.17) is 17.3 Å². The molecule has 0 aliphatic heterocycles. The molecular weight excluding hydrogens is 387 g/mol. The summed E-state index contributed by atoms with van der Waals surface area (Å²) < 4.78 is 1.17. The Hall–Kier alpha value is -1.27. The van der Waals surface area contributed by atoms with Gasteiger partial charge in [0.15, 0.2) is 0 Å². The van der Waals surface area contributed by atoms with Crippen LogP contribution in [0.2, 0.25) is 5.02 Å². The lowest BCUT2D eigenvalue weighted by atomic mass is 10.1. The third-order valence-electron chi connectivity index (χ3n) is 2.99. The SMILES string of the molecule is Cc1cc(NC(=O)c2cc(N)ccc2Cl)c(C)cc1I. The molecule has 0 aliphatic rings. The number of anilines is 2. The van der Waals surface area contributed by atoms with E-state index in [1.54, 1.807) is 18.2 Å². The molecule has 0 saturated carbocycles. The van der Waals surface area contributed by atoms with Crippen molar-refractivity contribution >= 4 is 51.5 Å². The van der Waals surface area contributed by atoms with Crippen molar-refractivity contribution in [3.8, 4) is 0 Å². The van der Waals surface area contributed by atoms with Gasteiger partial charge in [0, 0.05) is 14.9 Å². The Morgan fingerprint density at radius 3 is 2.60 bits per heavy atom. The van der Waals surface area contributed by atoms with Crippen molar-refractivity contribution in [2.75, 3.05) is 11.1 Å². The van der Waals surface area contributed by atoms with Crippen LogP contribution in [-0.4, -0.2) is 5.91 Å². The summed E-state index contributed by atoms with van der Waals surface area (Å²) in [4.78, 5) is 12.3. The van der Waals surface area contributed by atoms with Gasteiger partial charge in [0.05, 0.1) is 10.6 Å². The Bertz CT molecular complexity index is 686. The summed E-state index contributed by atoms with van der Waals surface area (Å²) in [6.07, 6.45) is 0. The molecule has 104 valence electrons. The van der Waals surface area contributed by atoms with E-state index in [9.17, 15) is 4.79 Å². The van der Waals surface area contributed by atoms with E-state index in [1.807, 2.05) is 26.0 Å². The van der Waals surface area contributed by atoms with Crippen LogP contribution in [0.1, 0.15) is 21.5 Å². The summed E-state index contributed by atoms with van der Waals surface area (Å²) >= 11 is 8.31. The summed E-state index contributed by atoms with van der Waals surface area (Å²) in [7, 11) is 0. The third kappa shape index (κ3) is 3.24. The Balaban J connectivity index is 2.32. The first-order valence-corrected chi connectivity index (χ1v) is 7.47. The van der Waals surface area contributed by atoms with Gasteiger partial charge in [-0.15, -0.1) is 0 Å². The zero-order chi connectivity index (χ0) is 14.9. The summed E-state index contributed by atoms with van der Waals surface area (Å²) in [5, 5.41) is 3.27. The monoisotopic (exact) mass is 400 g/mol. The van der Waals surface area contributed by atoms with Gasteiger partial charge >= 0.3 is 0 Å². The third-order valence-corrected chi connectivity index (χ3v) is 4.48. The second-order valence-electron chi connectivity index (χ2n) is 4.61. The molecule has 3 nitrogen and oxygen atoms in total. The van der Waals surface area contributed by atoms with Crippen molar-refractivity contribution in [2.24, 2.45) is 0 Å². The summed E-state index contributed by atoms with van der Waals surface area (Å²) in [5.74, 6) is -0.258. The van der Waals surface area contributed by atoms with Crippen molar-refractivity contribution in [2.45, 2.75) is 13.8 Å². The average molecular weight is 401 g/mol. The maximum atomic E-state index is 12.3. The van der Waals surface area contributed by atoms with Crippen LogP contribution in [0.15, 0.2) is 30.3 Å². The highest BCUT2D eigenvalue weighted by molar-refractivity contribution is 14.1. The molecular formula is C15H14ClIN2O. The molecule has 0 atom stereocenters. The maximum Gasteiger partial charge on any atom is 0.257 e. The number of hydrogen-bond acceptors (Lipinski definition) is 2. The number of halogens is 2. The van der Waals surface area contributed by atoms with Gasteiger partial charge < -0.3 is 11.1 Å². The van der Waals surface area contributed by atoms with Crippen molar-refractivity contribution in [3.63, 3.8) is 0 Å². The minimum Gasteiger partial charge on any atom is -0.399 e. The van der Waals surface area contributed by atoms with Crippen molar-refractivity contribution in [1.82, 2.24) is 0 Å². The van der Waals surface area contributed by atoms with Gasteiger partial charge in [0.25, 0.3) is 5.91 Å².